The van der Waals surface area contributed by atoms with Gasteiger partial charge in [-0.3, -0.25) is 19.3 Å². The Morgan fingerprint density at radius 2 is 1.83 bits per heavy atom. The van der Waals surface area contributed by atoms with E-state index in [9.17, 15) is 14.4 Å². The molecule has 0 spiro atoms. The van der Waals surface area contributed by atoms with Crippen molar-refractivity contribution in [1.29, 1.82) is 0 Å². The van der Waals surface area contributed by atoms with E-state index < -0.39 is 17.1 Å². The van der Waals surface area contributed by atoms with Gasteiger partial charge in [-0.2, -0.15) is 0 Å². The first-order chi connectivity index (χ1) is 14.5. The number of benzene rings is 2. The monoisotopic (exact) mass is 421 g/mol. The van der Waals surface area contributed by atoms with Gasteiger partial charge in [0.15, 0.2) is 0 Å². The fraction of sp³-hybridized carbons (Fsp3) is 0.261. The Bertz CT molecular complexity index is 1010. The van der Waals surface area contributed by atoms with E-state index in [1.165, 1.54) is 18.5 Å². The molecular formula is C23H23N3O3S. The molecule has 2 aromatic carbocycles. The Kier molecular flexibility index (Phi) is 5.90. The summed E-state index contributed by atoms with van der Waals surface area (Å²) < 4.78 is 0. The molecule has 30 heavy (non-hydrogen) atoms. The number of amides is 3. The Hall–Kier alpha value is -3.06. The quantitative estimate of drug-likeness (QED) is 0.730. The highest BCUT2D eigenvalue weighted by atomic mass is 32.2. The number of nitrogens with one attached hydrogen (secondary N) is 1. The summed E-state index contributed by atoms with van der Waals surface area (Å²) in [6.07, 6.45) is 4.13. The molecule has 3 amide bonds. The fourth-order valence-corrected chi connectivity index (χ4v) is 4.45. The summed E-state index contributed by atoms with van der Waals surface area (Å²) >= 11 is 0.865. The van der Waals surface area contributed by atoms with Crippen LogP contribution in [0.2, 0.25) is 0 Å². The van der Waals surface area contributed by atoms with E-state index in [0.29, 0.717) is 10.6 Å². The second-order valence-corrected chi connectivity index (χ2v) is 8.46. The van der Waals surface area contributed by atoms with Crippen LogP contribution in [0.1, 0.15) is 24.0 Å². The van der Waals surface area contributed by atoms with E-state index in [4.69, 9.17) is 0 Å². The maximum Gasteiger partial charge on any atom is 0.294 e. The average molecular weight is 422 g/mol. The van der Waals surface area contributed by atoms with Gasteiger partial charge in [0, 0.05) is 24.5 Å². The van der Waals surface area contributed by atoms with Crippen LogP contribution < -0.4 is 10.2 Å². The first-order valence-electron chi connectivity index (χ1n) is 9.96. The zero-order chi connectivity index (χ0) is 21.1. The van der Waals surface area contributed by atoms with Crippen LogP contribution in [0.4, 0.5) is 16.2 Å². The van der Waals surface area contributed by atoms with Crippen molar-refractivity contribution < 1.29 is 14.4 Å². The highest BCUT2D eigenvalue weighted by Crippen LogP contribution is 2.32. The molecule has 1 N–H and O–H groups in total. The van der Waals surface area contributed by atoms with Crippen LogP contribution in [0.15, 0.2) is 53.4 Å². The molecule has 2 fully saturated rings. The summed E-state index contributed by atoms with van der Waals surface area (Å²) in [6.45, 7) is 3.77. The zero-order valence-electron chi connectivity index (χ0n) is 16.8. The van der Waals surface area contributed by atoms with E-state index in [1.807, 2.05) is 49.4 Å². The van der Waals surface area contributed by atoms with Crippen LogP contribution in [0.25, 0.3) is 6.08 Å². The number of aryl methyl sites for hydroxylation is 1. The summed E-state index contributed by atoms with van der Waals surface area (Å²) in [5, 5.41) is 2.30. The van der Waals surface area contributed by atoms with E-state index in [2.05, 4.69) is 10.2 Å². The van der Waals surface area contributed by atoms with Crippen molar-refractivity contribution in [2.75, 3.05) is 29.9 Å². The second-order valence-electron chi connectivity index (χ2n) is 7.47. The van der Waals surface area contributed by atoms with Crippen molar-refractivity contribution in [3.05, 3.63) is 64.6 Å². The first-order valence-corrected chi connectivity index (χ1v) is 10.8. The van der Waals surface area contributed by atoms with Crippen LogP contribution in [0.5, 0.6) is 0 Å². The third-order valence-electron chi connectivity index (χ3n) is 5.14. The maximum atomic E-state index is 12.7. The van der Waals surface area contributed by atoms with Gasteiger partial charge in [-0.15, -0.1) is 0 Å². The SMILES string of the molecule is Cc1cccc(NC(=O)CN2C(=O)S/C(=C\c3ccc(N4CCCC4)cc3)C2=O)c1. The number of carbonyl (C=O) groups is 3. The molecule has 2 aliphatic heterocycles. The van der Waals surface area contributed by atoms with Crippen molar-refractivity contribution in [1.82, 2.24) is 4.90 Å². The minimum atomic E-state index is -0.437. The first kappa shape index (κ1) is 20.2. The number of anilines is 2. The molecule has 0 saturated carbocycles. The number of hydrogen-bond donors (Lipinski definition) is 1. The van der Waals surface area contributed by atoms with Crippen LogP contribution in [0, 0.1) is 6.92 Å². The van der Waals surface area contributed by atoms with Gasteiger partial charge in [-0.1, -0.05) is 24.3 Å². The van der Waals surface area contributed by atoms with Crippen LogP contribution in [-0.4, -0.2) is 41.6 Å². The van der Waals surface area contributed by atoms with E-state index in [0.717, 1.165) is 40.9 Å². The lowest BCUT2D eigenvalue weighted by Gasteiger charge is -2.17. The minimum Gasteiger partial charge on any atom is -0.372 e. The molecule has 0 atom stereocenters. The summed E-state index contributed by atoms with van der Waals surface area (Å²) in [5.74, 6) is -0.841. The summed E-state index contributed by atoms with van der Waals surface area (Å²) in [5.41, 5.74) is 3.68. The molecule has 0 aromatic heterocycles. The predicted molar refractivity (Wildman–Crippen MR) is 120 cm³/mol. The smallest absolute Gasteiger partial charge is 0.294 e. The molecule has 2 aliphatic rings. The van der Waals surface area contributed by atoms with Crippen LogP contribution in [-0.2, 0) is 9.59 Å². The van der Waals surface area contributed by atoms with Gasteiger partial charge in [0.05, 0.1) is 4.91 Å². The minimum absolute atomic E-state index is 0.302. The van der Waals surface area contributed by atoms with Crippen molar-refractivity contribution in [3.8, 4) is 0 Å². The largest absolute Gasteiger partial charge is 0.372 e. The molecule has 6 nitrogen and oxygen atoms in total. The standard InChI is InChI=1S/C23H23N3O3S/c1-16-5-4-6-18(13-16)24-21(27)15-26-22(28)20(30-23(26)29)14-17-7-9-19(10-8-17)25-11-2-3-12-25/h4-10,13-14H,2-3,11-12,15H2,1H3,(H,24,27)/b20-14-. The Morgan fingerprint density at radius 1 is 1.10 bits per heavy atom. The topological polar surface area (TPSA) is 69.7 Å². The maximum absolute atomic E-state index is 12.7. The Morgan fingerprint density at radius 3 is 2.53 bits per heavy atom. The van der Waals surface area contributed by atoms with E-state index in [1.54, 1.807) is 12.1 Å². The van der Waals surface area contributed by atoms with Crippen molar-refractivity contribution in [2.24, 2.45) is 0 Å². The number of nitrogens with zero attached hydrogens (tertiary/aromatic N) is 2. The van der Waals surface area contributed by atoms with Gasteiger partial charge in [0.1, 0.15) is 6.54 Å². The molecule has 0 bridgehead atoms. The van der Waals surface area contributed by atoms with Gasteiger partial charge in [-0.25, -0.2) is 0 Å². The van der Waals surface area contributed by atoms with Crippen molar-refractivity contribution >= 4 is 46.3 Å². The number of hydrogen-bond acceptors (Lipinski definition) is 5. The molecule has 2 aromatic rings. The number of carbonyl (C=O) groups excluding carboxylic acids is 3. The number of thioether (sulfide) groups is 1. The molecule has 2 heterocycles. The highest BCUT2D eigenvalue weighted by Gasteiger charge is 2.36. The molecular weight excluding hydrogens is 398 g/mol. The third kappa shape index (κ3) is 4.57. The Balaban J connectivity index is 1.41. The van der Waals surface area contributed by atoms with E-state index >= 15 is 0 Å². The van der Waals surface area contributed by atoms with Crippen LogP contribution in [0.3, 0.4) is 0 Å². The lowest BCUT2D eigenvalue weighted by molar-refractivity contribution is -0.127. The zero-order valence-corrected chi connectivity index (χ0v) is 17.6. The van der Waals surface area contributed by atoms with Gasteiger partial charge in [0.2, 0.25) is 5.91 Å². The molecule has 0 radical (unpaired) electrons. The van der Waals surface area contributed by atoms with Gasteiger partial charge < -0.3 is 10.2 Å². The predicted octanol–water partition coefficient (Wildman–Crippen LogP) is 4.27. The third-order valence-corrected chi connectivity index (χ3v) is 6.05. The van der Waals surface area contributed by atoms with Gasteiger partial charge in [-0.05, 0) is 73.0 Å². The van der Waals surface area contributed by atoms with Crippen molar-refractivity contribution in [3.63, 3.8) is 0 Å². The summed E-state index contributed by atoms with van der Waals surface area (Å²) in [4.78, 5) is 40.9. The molecule has 0 aliphatic carbocycles. The molecule has 7 heteroatoms. The molecule has 0 unspecified atom stereocenters. The van der Waals surface area contributed by atoms with E-state index in [-0.39, 0.29) is 6.54 Å². The number of rotatable bonds is 5. The van der Waals surface area contributed by atoms with Gasteiger partial charge in [0.25, 0.3) is 11.1 Å². The lowest BCUT2D eigenvalue weighted by Crippen LogP contribution is -2.36. The highest BCUT2D eigenvalue weighted by molar-refractivity contribution is 8.18. The van der Waals surface area contributed by atoms with Crippen molar-refractivity contribution in [2.45, 2.75) is 19.8 Å². The molecule has 4 rings (SSSR count). The fourth-order valence-electron chi connectivity index (χ4n) is 3.61. The second kappa shape index (κ2) is 8.75. The lowest BCUT2D eigenvalue weighted by atomic mass is 10.2. The Labute approximate surface area is 179 Å². The number of imide groups is 1. The normalized spacial score (nSPS) is 17.8. The summed E-state index contributed by atoms with van der Waals surface area (Å²) in [7, 11) is 0. The van der Waals surface area contributed by atoms with Gasteiger partial charge >= 0.3 is 0 Å². The van der Waals surface area contributed by atoms with Crippen LogP contribution >= 0.6 is 11.8 Å². The molecule has 154 valence electrons. The molecule has 2 saturated heterocycles. The summed E-state index contributed by atoms with van der Waals surface area (Å²) in [6, 6.07) is 15.3. The average Bonchev–Trinajstić information content (AvgIpc) is 3.34.